The average Bonchev–Trinajstić information content (AvgIpc) is 2.57. The number of hydrogen-bond acceptors (Lipinski definition) is 2. The van der Waals surface area contributed by atoms with Gasteiger partial charge in [-0.2, -0.15) is 0 Å². The standard InChI is InChI=1S/C13H28N2/c1-11(2)6-8-15(4)13(10-14)7-5-12(3)9-13/h11-12H,5-10,14H2,1-4H3. The lowest BCUT2D eigenvalue weighted by Gasteiger charge is -2.38. The van der Waals surface area contributed by atoms with Crippen molar-refractivity contribution in [2.75, 3.05) is 20.1 Å². The lowest BCUT2D eigenvalue weighted by atomic mass is 9.93. The van der Waals surface area contributed by atoms with Gasteiger partial charge in [0.05, 0.1) is 0 Å². The number of rotatable bonds is 5. The Kier molecular flexibility index (Phi) is 4.60. The van der Waals surface area contributed by atoms with E-state index in [2.05, 4.69) is 32.7 Å². The molecule has 0 saturated heterocycles. The van der Waals surface area contributed by atoms with Crippen LogP contribution in [0, 0.1) is 11.8 Å². The second-order valence-corrected chi connectivity index (χ2v) is 5.88. The second-order valence-electron chi connectivity index (χ2n) is 5.88. The first kappa shape index (κ1) is 13.0. The zero-order valence-corrected chi connectivity index (χ0v) is 10.9. The van der Waals surface area contributed by atoms with Gasteiger partial charge in [-0.3, -0.25) is 4.90 Å². The van der Waals surface area contributed by atoms with Gasteiger partial charge in [-0.25, -0.2) is 0 Å². The zero-order chi connectivity index (χ0) is 11.5. The summed E-state index contributed by atoms with van der Waals surface area (Å²) in [6.07, 6.45) is 5.22. The van der Waals surface area contributed by atoms with Gasteiger partial charge in [-0.05, 0) is 51.1 Å². The van der Waals surface area contributed by atoms with E-state index in [4.69, 9.17) is 5.73 Å². The molecule has 0 aliphatic heterocycles. The quantitative estimate of drug-likeness (QED) is 0.758. The molecule has 1 aliphatic carbocycles. The lowest BCUT2D eigenvalue weighted by Crippen LogP contribution is -2.50. The van der Waals surface area contributed by atoms with Crippen molar-refractivity contribution in [1.29, 1.82) is 0 Å². The molecule has 2 heteroatoms. The van der Waals surface area contributed by atoms with Crippen molar-refractivity contribution in [2.45, 2.75) is 52.0 Å². The van der Waals surface area contributed by atoms with Crippen LogP contribution in [0.3, 0.4) is 0 Å². The molecule has 0 heterocycles. The summed E-state index contributed by atoms with van der Waals surface area (Å²) in [6, 6.07) is 0. The van der Waals surface area contributed by atoms with Gasteiger partial charge >= 0.3 is 0 Å². The number of hydrogen-bond donors (Lipinski definition) is 1. The van der Waals surface area contributed by atoms with E-state index in [1.165, 1.54) is 32.2 Å². The maximum Gasteiger partial charge on any atom is 0.0331 e. The van der Waals surface area contributed by atoms with Crippen molar-refractivity contribution < 1.29 is 0 Å². The third-order valence-electron chi connectivity index (χ3n) is 4.06. The summed E-state index contributed by atoms with van der Waals surface area (Å²) in [5, 5.41) is 0. The van der Waals surface area contributed by atoms with Crippen molar-refractivity contribution in [3.05, 3.63) is 0 Å². The van der Waals surface area contributed by atoms with Gasteiger partial charge < -0.3 is 5.73 Å². The first-order chi connectivity index (χ1) is 7.00. The summed E-state index contributed by atoms with van der Waals surface area (Å²) in [7, 11) is 2.26. The average molecular weight is 212 g/mol. The fourth-order valence-corrected chi connectivity index (χ4v) is 2.74. The molecule has 0 amide bonds. The maximum atomic E-state index is 6.00. The van der Waals surface area contributed by atoms with Gasteiger partial charge in [-0.1, -0.05) is 20.8 Å². The first-order valence-corrected chi connectivity index (χ1v) is 6.41. The van der Waals surface area contributed by atoms with Crippen LogP contribution in [0.25, 0.3) is 0 Å². The summed E-state index contributed by atoms with van der Waals surface area (Å²) < 4.78 is 0. The molecular weight excluding hydrogens is 184 g/mol. The van der Waals surface area contributed by atoms with E-state index in [0.717, 1.165) is 18.4 Å². The molecule has 2 nitrogen and oxygen atoms in total. The van der Waals surface area contributed by atoms with Crippen LogP contribution in [-0.4, -0.2) is 30.6 Å². The van der Waals surface area contributed by atoms with E-state index in [0.29, 0.717) is 5.54 Å². The first-order valence-electron chi connectivity index (χ1n) is 6.41. The third kappa shape index (κ3) is 3.18. The Balaban J connectivity index is 2.50. The zero-order valence-electron chi connectivity index (χ0n) is 10.9. The van der Waals surface area contributed by atoms with Crippen LogP contribution >= 0.6 is 0 Å². The molecule has 1 fully saturated rings. The Morgan fingerprint density at radius 3 is 2.53 bits per heavy atom. The Morgan fingerprint density at radius 1 is 1.47 bits per heavy atom. The van der Waals surface area contributed by atoms with Gasteiger partial charge in [0.25, 0.3) is 0 Å². The normalized spacial score (nSPS) is 31.8. The summed E-state index contributed by atoms with van der Waals surface area (Å²) in [4.78, 5) is 2.52. The minimum Gasteiger partial charge on any atom is -0.329 e. The summed E-state index contributed by atoms with van der Waals surface area (Å²) in [5.41, 5.74) is 6.31. The van der Waals surface area contributed by atoms with Crippen LogP contribution in [0.15, 0.2) is 0 Å². The second kappa shape index (κ2) is 5.31. The fourth-order valence-electron chi connectivity index (χ4n) is 2.74. The van der Waals surface area contributed by atoms with Gasteiger partial charge in [0.1, 0.15) is 0 Å². The molecule has 90 valence electrons. The Hall–Kier alpha value is -0.0800. The van der Waals surface area contributed by atoms with Crippen LogP contribution < -0.4 is 5.73 Å². The van der Waals surface area contributed by atoms with Gasteiger partial charge in [0.2, 0.25) is 0 Å². The Bertz CT molecular complexity index is 191. The molecule has 0 spiro atoms. The molecule has 0 aromatic heterocycles. The highest BCUT2D eigenvalue weighted by atomic mass is 15.2. The van der Waals surface area contributed by atoms with E-state index < -0.39 is 0 Å². The molecule has 1 saturated carbocycles. The molecule has 0 radical (unpaired) electrons. The van der Waals surface area contributed by atoms with E-state index in [-0.39, 0.29) is 0 Å². The predicted octanol–water partition coefficient (Wildman–Crippen LogP) is 2.48. The summed E-state index contributed by atoms with van der Waals surface area (Å²) in [6.45, 7) is 8.96. The van der Waals surface area contributed by atoms with Crippen LogP contribution in [0.1, 0.15) is 46.5 Å². The molecule has 0 bridgehead atoms. The lowest BCUT2D eigenvalue weighted by molar-refractivity contribution is 0.121. The SMILES string of the molecule is CC(C)CCN(C)C1(CN)CCC(C)C1. The molecular formula is C13H28N2. The topological polar surface area (TPSA) is 29.3 Å². The molecule has 0 aromatic carbocycles. The number of likely N-dealkylation sites (N-methyl/N-ethyl adjacent to an activating group) is 1. The number of nitrogens with zero attached hydrogens (tertiary/aromatic N) is 1. The van der Waals surface area contributed by atoms with Gasteiger partial charge in [0.15, 0.2) is 0 Å². The van der Waals surface area contributed by atoms with Gasteiger partial charge in [-0.15, -0.1) is 0 Å². The van der Waals surface area contributed by atoms with Crippen molar-refractivity contribution >= 4 is 0 Å². The summed E-state index contributed by atoms with van der Waals surface area (Å²) >= 11 is 0. The minimum atomic E-state index is 0.314. The van der Waals surface area contributed by atoms with E-state index in [9.17, 15) is 0 Å². The highest BCUT2D eigenvalue weighted by Gasteiger charge is 2.39. The van der Waals surface area contributed by atoms with Crippen molar-refractivity contribution in [2.24, 2.45) is 17.6 Å². The van der Waals surface area contributed by atoms with Crippen LogP contribution in [0.4, 0.5) is 0 Å². The van der Waals surface area contributed by atoms with E-state index in [1.54, 1.807) is 0 Å². The van der Waals surface area contributed by atoms with Crippen molar-refractivity contribution in [3.8, 4) is 0 Å². The van der Waals surface area contributed by atoms with E-state index >= 15 is 0 Å². The maximum absolute atomic E-state index is 6.00. The van der Waals surface area contributed by atoms with Crippen molar-refractivity contribution in [3.63, 3.8) is 0 Å². The molecule has 1 aliphatic rings. The third-order valence-corrected chi connectivity index (χ3v) is 4.06. The van der Waals surface area contributed by atoms with Gasteiger partial charge in [0, 0.05) is 12.1 Å². The molecule has 2 unspecified atom stereocenters. The Labute approximate surface area is 95.2 Å². The monoisotopic (exact) mass is 212 g/mol. The molecule has 15 heavy (non-hydrogen) atoms. The van der Waals surface area contributed by atoms with Crippen LogP contribution in [-0.2, 0) is 0 Å². The Morgan fingerprint density at radius 2 is 2.13 bits per heavy atom. The minimum absolute atomic E-state index is 0.314. The van der Waals surface area contributed by atoms with E-state index in [1.807, 2.05) is 0 Å². The smallest absolute Gasteiger partial charge is 0.0331 e. The largest absolute Gasteiger partial charge is 0.329 e. The van der Waals surface area contributed by atoms with Crippen LogP contribution in [0.5, 0.6) is 0 Å². The number of nitrogens with two attached hydrogens (primary N) is 1. The molecule has 1 rings (SSSR count). The molecule has 2 N–H and O–H groups in total. The molecule has 2 atom stereocenters. The van der Waals surface area contributed by atoms with Crippen molar-refractivity contribution in [1.82, 2.24) is 4.90 Å². The fraction of sp³-hybridized carbons (Fsp3) is 1.00. The highest BCUT2D eigenvalue weighted by molar-refractivity contribution is 4.96. The highest BCUT2D eigenvalue weighted by Crippen LogP contribution is 2.37. The predicted molar refractivity (Wildman–Crippen MR) is 66.9 cm³/mol. The summed E-state index contributed by atoms with van der Waals surface area (Å²) in [5.74, 6) is 1.65. The van der Waals surface area contributed by atoms with Crippen LogP contribution in [0.2, 0.25) is 0 Å². The molecule has 0 aromatic rings.